The van der Waals surface area contributed by atoms with Crippen LogP contribution in [-0.4, -0.2) is 94.9 Å². The quantitative estimate of drug-likeness (QED) is 0.396. The molecule has 0 aliphatic carbocycles. The fraction of sp³-hybridized carbons (Fsp3) is 1.00. The zero-order valence-electron chi connectivity index (χ0n) is 21.8. The Morgan fingerprint density at radius 1 is 0.744 bits per heavy atom. The summed E-state index contributed by atoms with van der Waals surface area (Å²) >= 11 is 0. The van der Waals surface area contributed by atoms with Crippen LogP contribution in [0.1, 0.15) is 47.0 Å². The Kier molecular flexibility index (Phi) is 4.33. The first-order chi connectivity index (χ1) is 18.0. The molecule has 15 heteroatoms. The molecule has 0 saturated carbocycles. The summed E-state index contributed by atoms with van der Waals surface area (Å²) in [5.74, 6) is -1.43. The van der Waals surface area contributed by atoms with Gasteiger partial charge in [-0.25, -0.2) is 0 Å². The zero-order chi connectivity index (χ0) is 27.4. The Labute approximate surface area is 227 Å². The average molecular weight is 609 g/mol. The van der Waals surface area contributed by atoms with E-state index < -0.39 is 111 Å². The van der Waals surface area contributed by atoms with Crippen molar-refractivity contribution in [2.75, 3.05) is 0 Å². The van der Waals surface area contributed by atoms with Gasteiger partial charge in [-0.3, -0.25) is 12.5 Å². The van der Waals surface area contributed by atoms with E-state index in [0.717, 1.165) is 0 Å². The van der Waals surface area contributed by atoms with Gasteiger partial charge < -0.3 is 14.2 Å². The summed E-state index contributed by atoms with van der Waals surface area (Å²) in [7, 11) is -11.6. The van der Waals surface area contributed by atoms with E-state index in [9.17, 15) is 25.3 Å². The second-order valence-electron chi connectivity index (χ2n) is 14.0. The van der Waals surface area contributed by atoms with Crippen LogP contribution in [0.2, 0.25) is 0 Å². The molecule has 9 aliphatic rings. The topological polar surface area (TPSA) is 158 Å². The minimum atomic E-state index is -3.99. The maximum atomic E-state index is 13.5. The Bertz CT molecular complexity index is 1530. The highest BCUT2D eigenvalue weighted by atomic mass is 32.2. The van der Waals surface area contributed by atoms with Crippen LogP contribution in [0.25, 0.3) is 0 Å². The Balaban J connectivity index is 1.09. The van der Waals surface area contributed by atoms with Gasteiger partial charge >= 0.3 is 0 Å². The maximum absolute atomic E-state index is 13.5. The first-order valence-electron chi connectivity index (χ1n) is 13.8. The predicted molar refractivity (Wildman–Crippen MR) is 130 cm³/mol. The van der Waals surface area contributed by atoms with Crippen molar-refractivity contribution in [3.05, 3.63) is 0 Å². The third-order valence-electron chi connectivity index (χ3n) is 12.5. The third kappa shape index (κ3) is 2.59. The molecule has 9 saturated heterocycles. The van der Waals surface area contributed by atoms with E-state index in [0.29, 0.717) is 19.3 Å². The van der Waals surface area contributed by atoms with Gasteiger partial charge in [0.15, 0.2) is 0 Å². The highest BCUT2D eigenvalue weighted by Gasteiger charge is 2.80. The first-order valence-corrected chi connectivity index (χ1v) is 18.2. The molecule has 0 spiro atoms. The van der Waals surface area contributed by atoms with E-state index >= 15 is 0 Å². The van der Waals surface area contributed by atoms with Crippen LogP contribution in [0.5, 0.6) is 0 Å². The van der Waals surface area contributed by atoms with Crippen LogP contribution in [0.4, 0.5) is 0 Å². The van der Waals surface area contributed by atoms with Gasteiger partial charge in [0, 0.05) is 29.1 Å². The molecule has 9 fully saturated rings. The molecule has 0 radical (unpaired) electrons. The van der Waals surface area contributed by atoms with E-state index in [1.165, 1.54) is 0 Å². The van der Waals surface area contributed by atoms with Crippen molar-refractivity contribution < 1.29 is 52.0 Å². The Morgan fingerprint density at radius 2 is 1.44 bits per heavy atom. The molecule has 9 rings (SSSR count). The molecule has 0 aromatic carbocycles. The predicted octanol–water partition coefficient (Wildman–Crippen LogP) is 0.0625. The van der Waals surface area contributed by atoms with Gasteiger partial charge in [-0.05, 0) is 33.1 Å². The summed E-state index contributed by atoms with van der Waals surface area (Å²) in [4.78, 5) is 0. The normalized spacial score (nSPS) is 66.5. The van der Waals surface area contributed by atoms with Gasteiger partial charge in [-0.15, -0.1) is 0 Å². The number of fused-ring (bicyclic) bond motifs is 3. The van der Waals surface area contributed by atoms with Gasteiger partial charge in [-0.1, -0.05) is 13.8 Å². The third-order valence-corrected chi connectivity index (χ3v) is 17.8. The molecule has 12 nitrogen and oxygen atoms in total. The second kappa shape index (κ2) is 6.72. The average Bonchev–Trinajstić information content (AvgIpc) is 3.64. The van der Waals surface area contributed by atoms with E-state index in [2.05, 4.69) is 0 Å². The molecule has 0 N–H and O–H groups in total. The number of rotatable bonds is 4. The highest BCUT2D eigenvalue weighted by Crippen LogP contribution is 2.67. The summed E-state index contributed by atoms with van der Waals surface area (Å²) in [5.41, 5.74) is -2.54. The summed E-state index contributed by atoms with van der Waals surface area (Å²) in [6, 6.07) is 0. The summed E-state index contributed by atoms with van der Waals surface area (Å²) < 4.78 is 114. The molecule has 17 atom stereocenters. The zero-order valence-corrected chi connectivity index (χ0v) is 24.3. The SMILES string of the molecule is CC1C2OS(=O)(=O)C3C2OC1(C)C3CC1C2OC3(C)C1OS(=O)(=O)C3C2CC1(C)C2CC3C(O2)C1OS3(=O)=O. The van der Waals surface area contributed by atoms with E-state index in [1.54, 1.807) is 6.92 Å². The van der Waals surface area contributed by atoms with E-state index in [-0.39, 0.29) is 17.9 Å². The van der Waals surface area contributed by atoms with Crippen LogP contribution in [-0.2, 0) is 57.1 Å². The lowest BCUT2D eigenvalue weighted by Gasteiger charge is -2.42. The standard InChI is InChI=1S/C24H32O12S3/c1-8-14-17-18(38(27,28)34-14)11(23(8,3)33-17)5-9-15-10(21-24(4,32-15)19(9)35-39(21,29)30)7-22(2)13-6-12-16(31-13)20(22)36-37(12,25)26/h8-21H,5-7H2,1-4H3. The van der Waals surface area contributed by atoms with Gasteiger partial charge in [0.05, 0.1) is 17.8 Å². The maximum Gasteiger partial charge on any atom is 0.273 e. The monoisotopic (exact) mass is 608 g/mol. The Hall–Kier alpha value is -0.390. The van der Waals surface area contributed by atoms with Crippen molar-refractivity contribution in [2.24, 2.45) is 29.1 Å². The van der Waals surface area contributed by atoms with E-state index in [1.807, 2.05) is 20.8 Å². The number of hydrogen-bond donors (Lipinski definition) is 0. The van der Waals surface area contributed by atoms with Crippen molar-refractivity contribution in [1.82, 2.24) is 0 Å². The summed E-state index contributed by atoms with van der Waals surface area (Å²) in [6.07, 6.45) is -2.84. The molecule has 0 amide bonds. The smallest absolute Gasteiger partial charge is 0.273 e. The summed E-state index contributed by atoms with van der Waals surface area (Å²) in [5, 5.41) is -2.40. The number of hydrogen-bond acceptors (Lipinski definition) is 12. The van der Waals surface area contributed by atoms with Crippen molar-refractivity contribution in [3.8, 4) is 0 Å². The molecule has 9 heterocycles. The van der Waals surface area contributed by atoms with Crippen molar-refractivity contribution in [1.29, 1.82) is 0 Å². The lowest BCUT2D eigenvalue weighted by molar-refractivity contribution is -0.0290. The van der Waals surface area contributed by atoms with Crippen molar-refractivity contribution in [2.45, 2.75) is 117 Å². The lowest BCUT2D eigenvalue weighted by atomic mass is 9.61. The van der Waals surface area contributed by atoms with Crippen LogP contribution in [0.15, 0.2) is 0 Å². The van der Waals surface area contributed by atoms with E-state index in [4.69, 9.17) is 26.8 Å². The van der Waals surface area contributed by atoms with Crippen LogP contribution in [0.3, 0.4) is 0 Å². The van der Waals surface area contributed by atoms with Crippen molar-refractivity contribution in [3.63, 3.8) is 0 Å². The lowest BCUT2D eigenvalue weighted by Crippen LogP contribution is -2.54. The molecule has 17 unspecified atom stereocenters. The van der Waals surface area contributed by atoms with Crippen LogP contribution in [0, 0.1) is 29.1 Å². The minimum absolute atomic E-state index is 0.146. The van der Waals surface area contributed by atoms with Gasteiger partial charge in [0.2, 0.25) is 0 Å². The molecular weight excluding hydrogens is 576 g/mol. The molecule has 9 aliphatic heterocycles. The molecule has 6 bridgehead atoms. The van der Waals surface area contributed by atoms with Gasteiger partial charge in [0.25, 0.3) is 30.4 Å². The molecular formula is C24H32O12S3. The first kappa shape index (κ1) is 25.1. The molecule has 0 aromatic heterocycles. The summed E-state index contributed by atoms with van der Waals surface area (Å²) in [6.45, 7) is 7.59. The van der Waals surface area contributed by atoms with Gasteiger partial charge in [0.1, 0.15) is 51.9 Å². The van der Waals surface area contributed by atoms with Crippen LogP contribution < -0.4 is 0 Å². The fourth-order valence-corrected chi connectivity index (χ4v) is 16.6. The minimum Gasteiger partial charge on any atom is -0.370 e. The number of ether oxygens (including phenoxy) is 3. The fourth-order valence-electron chi connectivity index (χ4n) is 10.7. The largest absolute Gasteiger partial charge is 0.370 e. The second-order valence-corrected chi connectivity index (χ2v) is 19.2. The molecule has 0 aromatic rings. The van der Waals surface area contributed by atoms with Crippen LogP contribution >= 0.6 is 0 Å². The van der Waals surface area contributed by atoms with Gasteiger partial charge in [-0.2, -0.15) is 25.3 Å². The molecule has 218 valence electrons. The Morgan fingerprint density at radius 3 is 2.18 bits per heavy atom. The highest BCUT2D eigenvalue weighted by molar-refractivity contribution is 7.88. The molecule has 39 heavy (non-hydrogen) atoms. The van der Waals surface area contributed by atoms with Crippen molar-refractivity contribution >= 4 is 30.4 Å².